The van der Waals surface area contributed by atoms with Gasteiger partial charge in [-0.1, -0.05) is 42.1 Å². The van der Waals surface area contributed by atoms with E-state index < -0.39 is 0 Å². The van der Waals surface area contributed by atoms with E-state index >= 15 is 0 Å². The highest BCUT2D eigenvalue weighted by atomic mass is 32.2. The molecule has 1 aromatic heterocycles. The van der Waals surface area contributed by atoms with Crippen LogP contribution in [0.2, 0.25) is 0 Å². The van der Waals surface area contributed by atoms with E-state index in [-0.39, 0.29) is 17.2 Å². The van der Waals surface area contributed by atoms with Gasteiger partial charge in [0.1, 0.15) is 6.33 Å². The summed E-state index contributed by atoms with van der Waals surface area (Å²) in [5.41, 5.74) is 1.30. The van der Waals surface area contributed by atoms with Crippen LogP contribution in [0.4, 0.5) is 0 Å². The molecule has 0 saturated heterocycles. The third-order valence-corrected chi connectivity index (χ3v) is 4.57. The van der Waals surface area contributed by atoms with Crippen molar-refractivity contribution in [3.8, 4) is 0 Å². The average molecular weight is 318 g/mol. The highest BCUT2D eigenvalue weighted by Gasteiger charge is 2.18. The number of aromatic nitrogens is 3. The third kappa shape index (κ3) is 4.87. The molecule has 0 radical (unpaired) electrons. The van der Waals surface area contributed by atoms with E-state index in [0.717, 1.165) is 18.0 Å². The van der Waals surface area contributed by atoms with Gasteiger partial charge in [-0.15, -0.1) is 10.2 Å². The fourth-order valence-corrected chi connectivity index (χ4v) is 2.85. The highest BCUT2D eigenvalue weighted by molar-refractivity contribution is 8.00. The molecule has 22 heavy (non-hydrogen) atoms. The molecule has 0 aliphatic heterocycles. The summed E-state index contributed by atoms with van der Waals surface area (Å²) >= 11 is 1.42. The zero-order valence-electron chi connectivity index (χ0n) is 13.2. The van der Waals surface area contributed by atoms with Gasteiger partial charge in [0.2, 0.25) is 5.91 Å². The Morgan fingerprint density at radius 2 is 2.05 bits per heavy atom. The Balaban J connectivity index is 1.77. The van der Waals surface area contributed by atoms with Gasteiger partial charge in [0.25, 0.3) is 0 Å². The van der Waals surface area contributed by atoms with Crippen LogP contribution in [0.15, 0.2) is 41.8 Å². The quantitative estimate of drug-likeness (QED) is 0.797. The molecule has 0 spiro atoms. The van der Waals surface area contributed by atoms with E-state index in [2.05, 4.69) is 27.6 Å². The summed E-state index contributed by atoms with van der Waals surface area (Å²) in [6, 6.07) is 10.5. The molecule has 0 unspecified atom stereocenters. The molecule has 0 fully saturated rings. The average Bonchev–Trinajstić information content (AvgIpc) is 2.91. The van der Waals surface area contributed by atoms with Gasteiger partial charge in [-0.25, -0.2) is 0 Å². The minimum Gasteiger partial charge on any atom is -0.353 e. The lowest BCUT2D eigenvalue weighted by atomic mass is 10.1. The van der Waals surface area contributed by atoms with Crippen molar-refractivity contribution >= 4 is 17.7 Å². The largest absolute Gasteiger partial charge is 0.353 e. The lowest BCUT2D eigenvalue weighted by Gasteiger charge is -2.17. The molecule has 1 N–H and O–H groups in total. The van der Waals surface area contributed by atoms with Crippen LogP contribution in [0.1, 0.15) is 25.8 Å². The smallest absolute Gasteiger partial charge is 0.233 e. The Morgan fingerprint density at radius 1 is 1.32 bits per heavy atom. The molecule has 2 rings (SSSR count). The number of nitrogens with one attached hydrogen (secondary N) is 1. The van der Waals surface area contributed by atoms with E-state index in [1.165, 1.54) is 17.3 Å². The van der Waals surface area contributed by atoms with Crippen LogP contribution in [-0.2, 0) is 18.3 Å². The number of rotatable bonds is 7. The summed E-state index contributed by atoms with van der Waals surface area (Å²) in [6.07, 6.45) is 3.53. The van der Waals surface area contributed by atoms with Gasteiger partial charge in [-0.2, -0.15) is 0 Å². The van der Waals surface area contributed by atoms with Gasteiger partial charge in [0, 0.05) is 13.1 Å². The van der Waals surface area contributed by atoms with Crippen molar-refractivity contribution in [2.45, 2.75) is 43.1 Å². The first-order valence-electron chi connectivity index (χ1n) is 7.41. The molecule has 0 bridgehead atoms. The number of aryl methyl sites for hydroxylation is 2. The molecule has 0 aliphatic carbocycles. The lowest BCUT2D eigenvalue weighted by Crippen LogP contribution is -2.38. The van der Waals surface area contributed by atoms with E-state index in [4.69, 9.17) is 0 Å². The minimum atomic E-state index is -0.193. The Labute approximate surface area is 135 Å². The van der Waals surface area contributed by atoms with E-state index in [1.807, 2.05) is 43.7 Å². The van der Waals surface area contributed by atoms with Crippen molar-refractivity contribution < 1.29 is 4.79 Å². The van der Waals surface area contributed by atoms with E-state index in [9.17, 15) is 4.79 Å². The number of benzene rings is 1. The molecular weight excluding hydrogens is 296 g/mol. The summed E-state index contributed by atoms with van der Waals surface area (Å²) in [5.74, 6) is 0.0357. The van der Waals surface area contributed by atoms with E-state index in [1.54, 1.807) is 6.33 Å². The fraction of sp³-hybridized carbons (Fsp3) is 0.438. The Bertz CT molecular complexity index is 599. The zero-order chi connectivity index (χ0) is 15.9. The normalized spacial score (nSPS) is 13.6. The molecule has 0 saturated carbocycles. The summed E-state index contributed by atoms with van der Waals surface area (Å²) in [6.45, 7) is 3.93. The molecule has 1 heterocycles. The molecule has 2 atom stereocenters. The van der Waals surface area contributed by atoms with Crippen LogP contribution < -0.4 is 5.32 Å². The van der Waals surface area contributed by atoms with Crippen molar-refractivity contribution in [1.82, 2.24) is 20.1 Å². The molecule has 1 aromatic carbocycles. The summed E-state index contributed by atoms with van der Waals surface area (Å²) in [5, 5.41) is 11.4. The van der Waals surface area contributed by atoms with Crippen LogP contribution in [0.5, 0.6) is 0 Å². The van der Waals surface area contributed by atoms with Crippen molar-refractivity contribution in [1.29, 1.82) is 0 Å². The summed E-state index contributed by atoms with van der Waals surface area (Å²) in [7, 11) is 1.87. The number of carbonyl (C=O) groups is 1. The SMILES string of the molecule is C[C@H](CCc1ccccc1)NC(=O)[C@@H](C)Sc1nncn1C. The van der Waals surface area contributed by atoms with Gasteiger partial charge in [0.15, 0.2) is 5.16 Å². The molecule has 5 nitrogen and oxygen atoms in total. The zero-order valence-corrected chi connectivity index (χ0v) is 14.0. The van der Waals surface area contributed by atoms with Crippen LogP contribution in [-0.4, -0.2) is 32.0 Å². The van der Waals surface area contributed by atoms with Crippen LogP contribution in [0, 0.1) is 0 Å². The predicted octanol–water partition coefficient (Wildman–Crippen LogP) is 2.43. The molecule has 118 valence electrons. The number of amides is 1. The topological polar surface area (TPSA) is 59.8 Å². The second-order valence-corrected chi connectivity index (χ2v) is 6.73. The van der Waals surface area contributed by atoms with Crippen molar-refractivity contribution in [3.05, 3.63) is 42.2 Å². The van der Waals surface area contributed by atoms with Gasteiger partial charge in [-0.05, 0) is 32.3 Å². The van der Waals surface area contributed by atoms with Crippen LogP contribution >= 0.6 is 11.8 Å². The first-order valence-corrected chi connectivity index (χ1v) is 8.29. The Morgan fingerprint density at radius 3 is 2.68 bits per heavy atom. The first kappa shape index (κ1) is 16.5. The Kier molecular flexibility index (Phi) is 6.00. The van der Waals surface area contributed by atoms with Crippen molar-refractivity contribution in [2.24, 2.45) is 7.05 Å². The lowest BCUT2D eigenvalue weighted by molar-refractivity contribution is -0.120. The molecule has 2 aromatic rings. The number of hydrogen-bond acceptors (Lipinski definition) is 4. The van der Waals surface area contributed by atoms with Gasteiger partial charge in [-0.3, -0.25) is 4.79 Å². The van der Waals surface area contributed by atoms with Gasteiger partial charge in [0.05, 0.1) is 5.25 Å². The first-order chi connectivity index (χ1) is 10.6. The predicted molar refractivity (Wildman–Crippen MR) is 88.7 cm³/mol. The molecule has 6 heteroatoms. The minimum absolute atomic E-state index is 0.0357. The van der Waals surface area contributed by atoms with Crippen LogP contribution in [0.3, 0.4) is 0 Å². The number of nitrogens with zero attached hydrogens (tertiary/aromatic N) is 3. The third-order valence-electron chi connectivity index (χ3n) is 3.42. The maximum Gasteiger partial charge on any atom is 0.233 e. The highest BCUT2D eigenvalue weighted by Crippen LogP contribution is 2.20. The Hall–Kier alpha value is -1.82. The number of carbonyl (C=O) groups excluding carboxylic acids is 1. The number of thioether (sulfide) groups is 1. The molecule has 1 amide bonds. The van der Waals surface area contributed by atoms with Crippen LogP contribution in [0.25, 0.3) is 0 Å². The second kappa shape index (κ2) is 7.98. The summed E-state index contributed by atoms with van der Waals surface area (Å²) < 4.78 is 1.81. The maximum atomic E-state index is 12.2. The van der Waals surface area contributed by atoms with Gasteiger partial charge < -0.3 is 9.88 Å². The van der Waals surface area contributed by atoms with Crippen molar-refractivity contribution in [2.75, 3.05) is 0 Å². The fourth-order valence-electron chi connectivity index (χ4n) is 2.05. The molecule has 0 aliphatic rings. The summed E-state index contributed by atoms with van der Waals surface area (Å²) in [4.78, 5) is 12.2. The number of hydrogen-bond donors (Lipinski definition) is 1. The molecular formula is C16H22N4OS. The monoisotopic (exact) mass is 318 g/mol. The standard InChI is InChI=1S/C16H22N4OS/c1-12(9-10-14-7-5-4-6-8-14)18-15(21)13(2)22-16-19-17-11-20(16)3/h4-8,11-13H,9-10H2,1-3H3,(H,18,21)/t12-,13-/m1/s1. The van der Waals surface area contributed by atoms with Gasteiger partial charge >= 0.3 is 0 Å². The maximum absolute atomic E-state index is 12.2. The second-order valence-electron chi connectivity index (χ2n) is 5.42. The van der Waals surface area contributed by atoms with E-state index in [0.29, 0.717) is 0 Å². The van der Waals surface area contributed by atoms with Crippen molar-refractivity contribution in [3.63, 3.8) is 0 Å².